The van der Waals surface area contributed by atoms with Crippen molar-refractivity contribution in [2.45, 2.75) is 12.8 Å². The van der Waals surface area contributed by atoms with Gasteiger partial charge in [0.25, 0.3) is 11.9 Å². The Labute approximate surface area is 96.1 Å². The maximum absolute atomic E-state index is 10.9. The van der Waals surface area contributed by atoms with E-state index in [2.05, 4.69) is 4.74 Å². The molecule has 1 saturated carbocycles. The van der Waals surface area contributed by atoms with Gasteiger partial charge in [0, 0.05) is 32.7 Å². The molecule has 0 N–H and O–H groups in total. The number of esters is 2. The topological polar surface area (TPSA) is 43.4 Å². The van der Waals surface area contributed by atoms with Gasteiger partial charge in [-0.05, 0) is 0 Å². The van der Waals surface area contributed by atoms with Crippen LogP contribution < -0.4 is 0 Å². The van der Waals surface area contributed by atoms with E-state index in [-0.39, 0.29) is 56.5 Å². The molecule has 4 heteroatoms. The number of cyclic esters (lactones) is 2. The average molecular weight is 241 g/mol. The van der Waals surface area contributed by atoms with Crippen LogP contribution in [-0.2, 0) is 47.0 Å². The molecule has 2 unspecified atom stereocenters. The average Bonchev–Trinajstić information content (AvgIpc) is 2.30. The maximum atomic E-state index is 10.9. The smallest absolute Gasteiger partial charge is 0.284 e. The molecule has 1 radical (unpaired) electrons. The zero-order valence-corrected chi connectivity index (χ0v) is 9.36. The molecule has 1 aliphatic heterocycles. The summed E-state index contributed by atoms with van der Waals surface area (Å²) in [6, 6.07) is 0. The quantitative estimate of drug-likeness (QED) is 0.352. The molecule has 2 fully saturated rings. The first-order valence-electron chi connectivity index (χ1n) is 3.71. The Bertz CT molecular complexity index is 192. The van der Waals surface area contributed by atoms with E-state index < -0.39 is 0 Å². The summed E-state index contributed by atoms with van der Waals surface area (Å²) in [5, 5.41) is 0. The molecule has 2 aliphatic rings. The number of hydrogen-bond donors (Lipinski definition) is 0. The van der Waals surface area contributed by atoms with Gasteiger partial charge in [-0.2, -0.15) is 0 Å². The van der Waals surface area contributed by atoms with Crippen molar-refractivity contribution in [3.63, 3.8) is 0 Å². The van der Waals surface area contributed by atoms with Crippen LogP contribution in [-0.4, -0.2) is 11.9 Å². The minimum Gasteiger partial charge on any atom is -0.397 e. The van der Waals surface area contributed by atoms with Crippen LogP contribution in [0.1, 0.15) is 12.8 Å². The Balaban J connectivity index is 0.000000720. The van der Waals surface area contributed by atoms with Crippen LogP contribution in [0.25, 0.3) is 0 Å². The minimum atomic E-state index is -0.379. The van der Waals surface area contributed by atoms with Crippen LogP contribution in [0.2, 0.25) is 0 Å². The second-order valence-corrected chi connectivity index (χ2v) is 2.84. The molecule has 1 aliphatic carbocycles. The molecule has 0 spiro atoms. The molecule has 0 aromatic carbocycles. The van der Waals surface area contributed by atoms with Crippen LogP contribution in [0.5, 0.6) is 0 Å². The van der Waals surface area contributed by atoms with Crippen LogP contribution in [0.3, 0.4) is 0 Å². The molecule has 0 aromatic heterocycles. The first-order valence-corrected chi connectivity index (χ1v) is 3.71. The van der Waals surface area contributed by atoms with E-state index in [0.29, 0.717) is 0 Å². The van der Waals surface area contributed by atoms with Crippen molar-refractivity contribution in [3.05, 3.63) is 12.8 Å². The van der Waals surface area contributed by atoms with Gasteiger partial charge in [-0.15, -0.1) is 0 Å². The number of fused-ring (bicyclic) bond motifs is 1. The molecule has 2 atom stereocenters. The zero-order valence-electron chi connectivity index (χ0n) is 6.53. The van der Waals surface area contributed by atoms with Gasteiger partial charge in [-0.3, -0.25) is 9.59 Å². The summed E-state index contributed by atoms with van der Waals surface area (Å²) >= 11 is 0. The number of ether oxygens (including phenoxy) is 1. The van der Waals surface area contributed by atoms with Crippen LogP contribution in [0.15, 0.2) is 0 Å². The van der Waals surface area contributed by atoms with Crippen molar-refractivity contribution in [3.8, 4) is 0 Å². The van der Waals surface area contributed by atoms with Gasteiger partial charge in [0.15, 0.2) is 0 Å². The summed E-state index contributed by atoms with van der Waals surface area (Å²) in [5.41, 5.74) is 0. The Morgan fingerprint density at radius 3 is 1.92 bits per heavy atom. The third-order valence-corrected chi connectivity index (χ3v) is 2.14. The maximum Gasteiger partial charge on any atom is 0.284 e. The third-order valence-electron chi connectivity index (χ3n) is 2.14. The van der Waals surface area contributed by atoms with Gasteiger partial charge in [0.2, 0.25) is 0 Å². The molecule has 0 amide bonds. The minimum absolute atomic E-state index is 0. The Morgan fingerprint density at radius 1 is 1.08 bits per heavy atom. The van der Waals surface area contributed by atoms with Gasteiger partial charge in [-0.25, -0.2) is 12.8 Å². The van der Waals surface area contributed by atoms with Gasteiger partial charge in [0.05, 0.1) is 0 Å². The third kappa shape index (κ3) is 1.62. The normalized spacial score (nSPS) is 33.7. The van der Waals surface area contributed by atoms with Crippen molar-refractivity contribution in [2.24, 2.45) is 11.8 Å². The van der Waals surface area contributed by atoms with Gasteiger partial charge in [-0.1, -0.05) is 11.8 Å². The molecule has 2 rings (SSSR count). The molecule has 0 aromatic rings. The predicted octanol–water partition coefficient (Wildman–Crippen LogP) is 0.502. The summed E-state index contributed by atoms with van der Waals surface area (Å²) < 4.78 is 4.47. The molecule has 12 heavy (non-hydrogen) atoms. The fourth-order valence-corrected chi connectivity index (χ4v) is 1.57. The van der Waals surface area contributed by atoms with Crippen molar-refractivity contribution >= 4 is 11.9 Å². The van der Waals surface area contributed by atoms with E-state index in [1.165, 1.54) is 0 Å². The van der Waals surface area contributed by atoms with Gasteiger partial charge < -0.3 is 17.6 Å². The fourth-order valence-electron chi connectivity index (χ4n) is 1.57. The number of hydrogen-bond acceptors (Lipinski definition) is 3. The van der Waals surface area contributed by atoms with E-state index in [9.17, 15) is 9.59 Å². The van der Waals surface area contributed by atoms with E-state index in [1.54, 1.807) is 0 Å². The van der Waals surface area contributed by atoms with E-state index >= 15 is 0 Å². The second kappa shape index (κ2) is 3.97. The zero-order chi connectivity index (χ0) is 7.84. The van der Waals surface area contributed by atoms with Crippen LogP contribution in [0, 0.1) is 24.7 Å². The Hall–Kier alpha value is 0.244. The Kier molecular flexibility index (Phi) is 3.41. The summed E-state index contributed by atoms with van der Waals surface area (Å²) in [7, 11) is 0. The number of carbonyl (C=O) groups is 2. The van der Waals surface area contributed by atoms with E-state index in [1.807, 2.05) is 12.8 Å². The molecule has 0 bridgehead atoms. The predicted molar refractivity (Wildman–Crippen MR) is 35.9 cm³/mol. The van der Waals surface area contributed by atoms with Crippen molar-refractivity contribution in [1.29, 1.82) is 0 Å². The summed E-state index contributed by atoms with van der Waals surface area (Å²) in [4.78, 5) is 21.8. The van der Waals surface area contributed by atoms with E-state index in [4.69, 9.17) is 0 Å². The van der Waals surface area contributed by atoms with Crippen molar-refractivity contribution in [1.82, 2.24) is 0 Å². The monoisotopic (exact) mass is 241 g/mol. The summed E-state index contributed by atoms with van der Waals surface area (Å²) in [5.74, 6) is -1.32. The molecule has 1 saturated heterocycles. The molecular weight excluding hydrogens is 233 g/mol. The van der Waals surface area contributed by atoms with Gasteiger partial charge >= 0.3 is 0 Å². The second-order valence-electron chi connectivity index (χ2n) is 2.84. The fraction of sp³-hybridized carbons (Fsp3) is 0.500. The van der Waals surface area contributed by atoms with E-state index in [0.717, 1.165) is 12.8 Å². The number of carbonyl (C=O) groups excluding carboxylic acids is 2. The van der Waals surface area contributed by atoms with Crippen molar-refractivity contribution in [2.75, 3.05) is 0 Å². The number of rotatable bonds is 0. The van der Waals surface area contributed by atoms with Crippen LogP contribution in [0.4, 0.5) is 0 Å². The van der Waals surface area contributed by atoms with Crippen LogP contribution >= 0.6 is 0 Å². The van der Waals surface area contributed by atoms with Crippen molar-refractivity contribution < 1.29 is 47.0 Å². The molecule has 3 nitrogen and oxygen atoms in total. The largest absolute Gasteiger partial charge is 0.397 e. The standard InChI is InChI=1S/C8H8O3.Y/c9-7-5-3-1-2-4-6(5)8(10)11-7;/h3-6H,1-2H2;/q-2;. The Morgan fingerprint density at radius 2 is 1.50 bits per heavy atom. The first kappa shape index (κ1) is 10.3. The molecule has 1 heterocycles. The SMILES string of the molecule is O=C1OC(=O)C2[CH-]CC[CH-]C12.[Y]. The summed E-state index contributed by atoms with van der Waals surface area (Å²) in [6.45, 7) is 0. The summed E-state index contributed by atoms with van der Waals surface area (Å²) in [6.07, 6.45) is 5.50. The molecular formula is C8H8O3Y-2. The molecule has 63 valence electrons. The first-order chi connectivity index (χ1) is 5.29. The van der Waals surface area contributed by atoms with Gasteiger partial charge in [0.1, 0.15) is 0 Å².